The first-order valence-electron chi connectivity index (χ1n) is 7.15. The van der Waals surface area contributed by atoms with Crippen molar-refractivity contribution in [1.29, 1.82) is 0 Å². The summed E-state index contributed by atoms with van der Waals surface area (Å²) in [5.41, 5.74) is 1.69. The third-order valence-electron chi connectivity index (χ3n) is 3.83. The average Bonchev–Trinajstić information content (AvgIpc) is 3.17. The van der Waals surface area contributed by atoms with E-state index in [1.807, 2.05) is 24.3 Å². The molecule has 0 amide bonds. The zero-order valence-corrected chi connectivity index (χ0v) is 11.4. The highest BCUT2D eigenvalue weighted by Gasteiger charge is 2.15. The number of aliphatic hydroxyl groups is 1. The van der Waals surface area contributed by atoms with Gasteiger partial charge in [-0.3, -0.25) is 0 Å². The molecular formula is C16H19NO3. The standard InChI is InChI=1S/C16H19NO3/c18-10-15-9-16(17-20-15)13-5-7-14(8-6-13)19-11-12-3-1-2-4-12/h5-9,12,18H,1-4,10-11H2. The molecule has 0 radical (unpaired) electrons. The fourth-order valence-electron chi connectivity index (χ4n) is 2.64. The molecule has 2 aromatic rings. The maximum atomic E-state index is 8.96. The first kappa shape index (κ1) is 13.2. The molecule has 0 spiro atoms. The van der Waals surface area contributed by atoms with E-state index < -0.39 is 0 Å². The number of hydrogen-bond donors (Lipinski definition) is 1. The molecular weight excluding hydrogens is 254 g/mol. The molecule has 0 saturated heterocycles. The minimum Gasteiger partial charge on any atom is -0.493 e. The van der Waals surface area contributed by atoms with E-state index in [2.05, 4.69) is 5.16 Å². The molecule has 3 rings (SSSR count). The Balaban J connectivity index is 1.61. The van der Waals surface area contributed by atoms with Gasteiger partial charge in [0, 0.05) is 11.6 Å². The highest BCUT2D eigenvalue weighted by molar-refractivity contribution is 5.59. The van der Waals surface area contributed by atoms with Crippen LogP contribution in [-0.4, -0.2) is 16.9 Å². The molecule has 1 aromatic heterocycles. The number of nitrogens with zero attached hydrogens (tertiary/aromatic N) is 1. The van der Waals surface area contributed by atoms with Crippen molar-refractivity contribution >= 4 is 0 Å². The second-order valence-electron chi connectivity index (χ2n) is 5.32. The minimum absolute atomic E-state index is 0.129. The molecule has 20 heavy (non-hydrogen) atoms. The summed E-state index contributed by atoms with van der Waals surface area (Å²) in [7, 11) is 0. The maximum Gasteiger partial charge on any atom is 0.162 e. The SMILES string of the molecule is OCc1cc(-c2ccc(OCC3CCCC3)cc2)no1. The van der Waals surface area contributed by atoms with E-state index >= 15 is 0 Å². The Labute approximate surface area is 118 Å². The van der Waals surface area contributed by atoms with Crippen LogP contribution < -0.4 is 4.74 Å². The summed E-state index contributed by atoms with van der Waals surface area (Å²) >= 11 is 0. The lowest BCUT2D eigenvalue weighted by Crippen LogP contribution is -2.07. The van der Waals surface area contributed by atoms with Crippen molar-refractivity contribution < 1.29 is 14.4 Å². The zero-order chi connectivity index (χ0) is 13.8. The highest BCUT2D eigenvalue weighted by atomic mass is 16.5. The number of aliphatic hydroxyl groups excluding tert-OH is 1. The van der Waals surface area contributed by atoms with Crippen LogP contribution in [0.1, 0.15) is 31.4 Å². The molecule has 1 aliphatic carbocycles. The lowest BCUT2D eigenvalue weighted by molar-refractivity contribution is 0.229. The van der Waals surface area contributed by atoms with Crippen LogP contribution in [0.15, 0.2) is 34.9 Å². The third kappa shape index (κ3) is 3.02. The van der Waals surface area contributed by atoms with Crippen molar-refractivity contribution in [3.8, 4) is 17.0 Å². The van der Waals surface area contributed by atoms with Crippen LogP contribution in [0.3, 0.4) is 0 Å². The second kappa shape index (κ2) is 6.09. The van der Waals surface area contributed by atoms with E-state index in [9.17, 15) is 0 Å². The summed E-state index contributed by atoms with van der Waals surface area (Å²) in [5, 5.41) is 12.9. The van der Waals surface area contributed by atoms with Crippen LogP contribution in [0.4, 0.5) is 0 Å². The van der Waals surface area contributed by atoms with Crippen molar-refractivity contribution in [3.05, 3.63) is 36.1 Å². The van der Waals surface area contributed by atoms with Gasteiger partial charge in [-0.1, -0.05) is 18.0 Å². The van der Waals surface area contributed by atoms with Gasteiger partial charge in [0.05, 0.1) is 6.61 Å². The Kier molecular flexibility index (Phi) is 4.02. The molecule has 4 nitrogen and oxygen atoms in total. The highest BCUT2D eigenvalue weighted by Crippen LogP contribution is 2.26. The average molecular weight is 273 g/mol. The van der Waals surface area contributed by atoms with Crippen LogP contribution in [0.2, 0.25) is 0 Å². The Morgan fingerprint density at radius 2 is 1.95 bits per heavy atom. The van der Waals surface area contributed by atoms with Gasteiger partial charge < -0.3 is 14.4 Å². The lowest BCUT2D eigenvalue weighted by atomic mass is 10.1. The van der Waals surface area contributed by atoms with E-state index in [0.29, 0.717) is 5.76 Å². The Bertz CT molecular complexity index is 541. The van der Waals surface area contributed by atoms with E-state index in [4.69, 9.17) is 14.4 Å². The molecule has 106 valence electrons. The number of aromatic nitrogens is 1. The molecule has 1 heterocycles. The van der Waals surface area contributed by atoms with Crippen molar-refractivity contribution in [2.45, 2.75) is 32.3 Å². The Morgan fingerprint density at radius 3 is 2.60 bits per heavy atom. The summed E-state index contributed by atoms with van der Waals surface area (Å²) in [4.78, 5) is 0. The molecule has 1 fully saturated rings. The van der Waals surface area contributed by atoms with Gasteiger partial charge in [-0.15, -0.1) is 0 Å². The van der Waals surface area contributed by atoms with Crippen molar-refractivity contribution in [2.75, 3.05) is 6.61 Å². The molecule has 0 bridgehead atoms. The first-order chi connectivity index (χ1) is 9.85. The van der Waals surface area contributed by atoms with E-state index in [1.54, 1.807) is 6.07 Å². The molecule has 0 atom stereocenters. The van der Waals surface area contributed by atoms with Crippen LogP contribution in [0.25, 0.3) is 11.3 Å². The number of benzene rings is 1. The summed E-state index contributed by atoms with van der Waals surface area (Å²) < 4.78 is 10.8. The van der Waals surface area contributed by atoms with E-state index in [-0.39, 0.29) is 6.61 Å². The molecule has 1 saturated carbocycles. The number of ether oxygens (including phenoxy) is 1. The monoisotopic (exact) mass is 273 g/mol. The minimum atomic E-state index is -0.129. The second-order valence-corrected chi connectivity index (χ2v) is 5.32. The largest absolute Gasteiger partial charge is 0.493 e. The van der Waals surface area contributed by atoms with Gasteiger partial charge in [-0.25, -0.2) is 0 Å². The Hall–Kier alpha value is -1.81. The smallest absolute Gasteiger partial charge is 0.162 e. The summed E-state index contributed by atoms with van der Waals surface area (Å²) in [6.07, 6.45) is 5.26. The van der Waals surface area contributed by atoms with Gasteiger partial charge in [0.15, 0.2) is 5.76 Å². The van der Waals surface area contributed by atoms with Crippen molar-refractivity contribution in [2.24, 2.45) is 5.92 Å². The summed E-state index contributed by atoms with van der Waals surface area (Å²) in [5.74, 6) is 2.09. The Morgan fingerprint density at radius 1 is 1.20 bits per heavy atom. The third-order valence-corrected chi connectivity index (χ3v) is 3.83. The predicted molar refractivity (Wildman–Crippen MR) is 75.3 cm³/mol. The molecule has 1 aliphatic rings. The fourth-order valence-corrected chi connectivity index (χ4v) is 2.64. The molecule has 0 aliphatic heterocycles. The molecule has 0 unspecified atom stereocenters. The van der Waals surface area contributed by atoms with Crippen LogP contribution >= 0.6 is 0 Å². The summed E-state index contributed by atoms with van der Waals surface area (Å²) in [6, 6.07) is 9.58. The fraction of sp³-hybridized carbons (Fsp3) is 0.438. The zero-order valence-electron chi connectivity index (χ0n) is 11.4. The molecule has 1 aromatic carbocycles. The van der Waals surface area contributed by atoms with Crippen LogP contribution in [0, 0.1) is 5.92 Å². The van der Waals surface area contributed by atoms with Gasteiger partial charge >= 0.3 is 0 Å². The van der Waals surface area contributed by atoms with Gasteiger partial charge in [-0.2, -0.15) is 0 Å². The van der Waals surface area contributed by atoms with E-state index in [0.717, 1.165) is 29.5 Å². The molecule has 4 heteroatoms. The quantitative estimate of drug-likeness (QED) is 0.907. The van der Waals surface area contributed by atoms with Crippen LogP contribution in [-0.2, 0) is 6.61 Å². The van der Waals surface area contributed by atoms with Gasteiger partial charge in [0.25, 0.3) is 0 Å². The van der Waals surface area contributed by atoms with Crippen molar-refractivity contribution in [1.82, 2.24) is 5.16 Å². The van der Waals surface area contributed by atoms with Gasteiger partial charge in [0.1, 0.15) is 18.1 Å². The summed E-state index contributed by atoms with van der Waals surface area (Å²) in [6.45, 7) is 0.688. The topological polar surface area (TPSA) is 55.5 Å². The number of hydrogen-bond acceptors (Lipinski definition) is 4. The van der Waals surface area contributed by atoms with E-state index in [1.165, 1.54) is 25.7 Å². The lowest BCUT2D eigenvalue weighted by Gasteiger charge is -2.11. The van der Waals surface area contributed by atoms with Gasteiger partial charge in [-0.05, 0) is 43.0 Å². The van der Waals surface area contributed by atoms with Crippen molar-refractivity contribution in [3.63, 3.8) is 0 Å². The number of rotatable bonds is 5. The normalized spacial score (nSPS) is 15.7. The van der Waals surface area contributed by atoms with Gasteiger partial charge in [0.2, 0.25) is 0 Å². The predicted octanol–water partition coefficient (Wildman–Crippen LogP) is 3.40. The first-order valence-corrected chi connectivity index (χ1v) is 7.15. The van der Waals surface area contributed by atoms with Crippen LogP contribution in [0.5, 0.6) is 5.75 Å². The maximum absolute atomic E-state index is 8.96. The molecule has 1 N–H and O–H groups in total.